The molecular weight excluding hydrogens is 715 g/mol. The maximum Gasteiger partial charge on any atom is 0.164 e. The van der Waals surface area contributed by atoms with Gasteiger partial charge in [-0.25, -0.2) is 15.0 Å². The van der Waals surface area contributed by atoms with Gasteiger partial charge in [0.2, 0.25) is 0 Å². The highest BCUT2D eigenvalue weighted by Gasteiger charge is 2.50. The summed E-state index contributed by atoms with van der Waals surface area (Å²) in [4.78, 5) is 15.6. The molecule has 2 aliphatic carbocycles. The molecule has 3 heteroatoms. The van der Waals surface area contributed by atoms with Crippen molar-refractivity contribution in [3.8, 4) is 78.7 Å². The van der Waals surface area contributed by atoms with Gasteiger partial charge in [-0.15, -0.1) is 0 Å². The number of benzene rings is 8. The second-order valence-electron chi connectivity index (χ2n) is 16.8. The van der Waals surface area contributed by atoms with Crippen molar-refractivity contribution >= 4 is 0 Å². The average Bonchev–Trinajstić information content (AvgIpc) is 3.53. The Bertz CT molecular complexity index is 3090. The molecule has 280 valence electrons. The topological polar surface area (TPSA) is 38.7 Å². The Kier molecular flexibility index (Phi) is 7.96. The van der Waals surface area contributed by atoms with Crippen molar-refractivity contribution in [2.24, 2.45) is 0 Å². The van der Waals surface area contributed by atoms with E-state index in [9.17, 15) is 0 Å². The van der Waals surface area contributed by atoms with Crippen LogP contribution < -0.4 is 0 Å². The Morgan fingerprint density at radius 1 is 0.305 bits per heavy atom. The third-order valence-electron chi connectivity index (χ3n) is 12.3. The lowest BCUT2D eigenvalue weighted by atomic mass is 9.65. The molecule has 0 bridgehead atoms. The van der Waals surface area contributed by atoms with E-state index in [0.29, 0.717) is 17.5 Å². The Morgan fingerprint density at radius 3 is 1.36 bits per heavy atom. The van der Waals surface area contributed by atoms with Crippen LogP contribution >= 0.6 is 0 Å². The maximum absolute atomic E-state index is 5.27. The lowest BCUT2D eigenvalue weighted by Crippen LogP contribution is -2.29. The van der Waals surface area contributed by atoms with Crippen LogP contribution in [0.25, 0.3) is 78.7 Å². The van der Waals surface area contributed by atoms with Crippen LogP contribution in [0.3, 0.4) is 0 Å². The van der Waals surface area contributed by atoms with Crippen molar-refractivity contribution < 1.29 is 0 Å². The van der Waals surface area contributed by atoms with Crippen molar-refractivity contribution in [1.82, 2.24) is 15.0 Å². The number of hydrogen-bond acceptors (Lipinski definition) is 3. The molecule has 1 aromatic heterocycles. The maximum atomic E-state index is 5.27. The van der Waals surface area contributed by atoms with Gasteiger partial charge in [-0.1, -0.05) is 203 Å². The zero-order chi connectivity index (χ0) is 39.7. The highest BCUT2D eigenvalue weighted by molar-refractivity contribution is 5.98. The van der Waals surface area contributed by atoms with Crippen molar-refractivity contribution in [3.63, 3.8) is 0 Å². The van der Waals surface area contributed by atoms with Gasteiger partial charge in [-0.2, -0.15) is 0 Å². The van der Waals surface area contributed by atoms with E-state index in [2.05, 4.69) is 191 Å². The second kappa shape index (κ2) is 13.4. The van der Waals surface area contributed by atoms with Crippen LogP contribution in [0, 0.1) is 0 Å². The monoisotopic (exact) mass is 755 g/mol. The summed E-state index contributed by atoms with van der Waals surface area (Å²) in [6.07, 6.45) is 0. The quantitative estimate of drug-likeness (QED) is 0.180. The fraction of sp³-hybridized carbons (Fsp3) is 0.0893. The van der Waals surface area contributed by atoms with E-state index < -0.39 is 5.41 Å². The minimum Gasteiger partial charge on any atom is -0.208 e. The van der Waals surface area contributed by atoms with E-state index in [1.807, 2.05) is 24.3 Å². The SMILES string of the molecule is CC(C)(C)c1ccc2c(c1)-c1ccccc1C21c2ccccc2-c2ccccc2-c2cc(-c3nc(-c4ccccc4)nc(-c4cccc(-c5ccccc5)c4)n3)ccc21. The summed E-state index contributed by atoms with van der Waals surface area (Å²) in [5.74, 6) is 1.92. The van der Waals surface area contributed by atoms with Gasteiger partial charge in [0.25, 0.3) is 0 Å². The molecule has 8 aromatic carbocycles. The number of rotatable bonds is 4. The largest absolute Gasteiger partial charge is 0.208 e. The Morgan fingerprint density at radius 2 is 0.729 bits per heavy atom. The molecule has 0 fully saturated rings. The third-order valence-corrected chi connectivity index (χ3v) is 12.3. The van der Waals surface area contributed by atoms with Crippen molar-refractivity contribution in [3.05, 3.63) is 222 Å². The summed E-state index contributed by atoms with van der Waals surface area (Å²) in [5, 5.41) is 0. The minimum atomic E-state index is -0.566. The Hall–Kier alpha value is -7.23. The highest BCUT2D eigenvalue weighted by Crippen LogP contribution is 2.62. The first-order valence-corrected chi connectivity index (χ1v) is 20.4. The number of nitrogens with zero attached hydrogens (tertiary/aromatic N) is 3. The van der Waals surface area contributed by atoms with Crippen LogP contribution in [0.15, 0.2) is 194 Å². The second-order valence-corrected chi connectivity index (χ2v) is 16.8. The standard InChI is InChI=1S/C56H41N3/c1-55(2,3)41-30-32-51-47(35-41)45-26-13-15-28-49(45)56(51)48-27-14-12-25-44(48)42-23-10-11-24-43(42)46-34-40(29-31-50(46)56)54-58-52(37-19-8-5-9-20-37)57-53(59-54)39-22-16-21-38(33-39)36-17-6-4-7-18-36/h4-35H,1-3H3. The number of aromatic nitrogens is 3. The first-order chi connectivity index (χ1) is 28.9. The first kappa shape index (κ1) is 35.0. The lowest BCUT2D eigenvalue weighted by Gasteiger charge is -2.35. The van der Waals surface area contributed by atoms with E-state index in [1.165, 1.54) is 61.2 Å². The van der Waals surface area contributed by atoms with E-state index in [1.54, 1.807) is 0 Å². The van der Waals surface area contributed by atoms with Gasteiger partial charge in [0.1, 0.15) is 0 Å². The van der Waals surface area contributed by atoms with E-state index in [0.717, 1.165) is 27.8 Å². The molecule has 59 heavy (non-hydrogen) atoms. The van der Waals surface area contributed by atoms with Gasteiger partial charge in [0.15, 0.2) is 17.5 Å². The molecule has 3 nitrogen and oxygen atoms in total. The average molecular weight is 756 g/mol. The molecule has 0 saturated carbocycles. The van der Waals surface area contributed by atoms with Gasteiger partial charge in [-0.3, -0.25) is 0 Å². The van der Waals surface area contributed by atoms with Crippen LogP contribution in [0.4, 0.5) is 0 Å². The summed E-state index contributed by atoms with van der Waals surface area (Å²) >= 11 is 0. The number of fused-ring (bicyclic) bond motifs is 12. The van der Waals surface area contributed by atoms with E-state index in [-0.39, 0.29) is 5.41 Å². The van der Waals surface area contributed by atoms with Gasteiger partial charge in [0, 0.05) is 16.7 Å². The minimum absolute atomic E-state index is 0.00892. The van der Waals surface area contributed by atoms with E-state index >= 15 is 0 Å². The highest BCUT2D eigenvalue weighted by atomic mass is 15.0. The van der Waals surface area contributed by atoms with Crippen LogP contribution in [-0.2, 0) is 10.8 Å². The zero-order valence-electron chi connectivity index (χ0n) is 33.3. The molecule has 1 unspecified atom stereocenters. The van der Waals surface area contributed by atoms with Gasteiger partial charge >= 0.3 is 0 Å². The number of hydrogen-bond donors (Lipinski definition) is 0. The van der Waals surface area contributed by atoms with Crippen LogP contribution in [-0.4, -0.2) is 15.0 Å². The van der Waals surface area contributed by atoms with Crippen molar-refractivity contribution in [2.45, 2.75) is 31.6 Å². The summed E-state index contributed by atoms with van der Waals surface area (Å²) in [6.45, 7) is 6.90. The van der Waals surface area contributed by atoms with Crippen molar-refractivity contribution in [2.75, 3.05) is 0 Å². The Labute approximate surface area is 345 Å². The summed E-state index contributed by atoms with van der Waals surface area (Å²) < 4.78 is 0. The zero-order valence-corrected chi connectivity index (χ0v) is 33.3. The molecule has 2 aliphatic rings. The predicted octanol–water partition coefficient (Wildman–Crippen LogP) is 13.8. The molecular formula is C56H41N3. The molecule has 0 aliphatic heterocycles. The van der Waals surface area contributed by atoms with Gasteiger partial charge in [0.05, 0.1) is 5.41 Å². The van der Waals surface area contributed by atoms with Crippen LogP contribution in [0.5, 0.6) is 0 Å². The fourth-order valence-electron chi connectivity index (χ4n) is 9.53. The lowest BCUT2D eigenvalue weighted by molar-refractivity contribution is 0.590. The molecule has 0 amide bonds. The smallest absolute Gasteiger partial charge is 0.164 e. The molecule has 9 aromatic rings. The van der Waals surface area contributed by atoms with Crippen LogP contribution in [0.1, 0.15) is 48.6 Å². The predicted molar refractivity (Wildman–Crippen MR) is 242 cm³/mol. The van der Waals surface area contributed by atoms with Gasteiger partial charge < -0.3 is 0 Å². The van der Waals surface area contributed by atoms with E-state index in [4.69, 9.17) is 15.0 Å². The Balaban J connectivity index is 1.18. The molecule has 1 heterocycles. The molecule has 0 radical (unpaired) electrons. The van der Waals surface area contributed by atoms with Gasteiger partial charge in [-0.05, 0) is 89.9 Å². The molecule has 11 rings (SSSR count). The normalized spacial score (nSPS) is 14.8. The fourth-order valence-corrected chi connectivity index (χ4v) is 9.53. The third kappa shape index (κ3) is 5.53. The first-order valence-electron chi connectivity index (χ1n) is 20.4. The van der Waals surface area contributed by atoms with Crippen LogP contribution in [0.2, 0.25) is 0 Å². The summed E-state index contributed by atoms with van der Waals surface area (Å²) in [7, 11) is 0. The summed E-state index contributed by atoms with van der Waals surface area (Å²) in [5.41, 5.74) is 18.4. The molecule has 1 spiro atoms. The van der Waals surface area contributed by atoms with Crippen molar-refractivity contribution in [1.29, 1.82) is 0 Å². The molecule has 0 saturated heterocycles. The molecule has 1 atom stereocenters. The summed E-state index contributed by atoms with van der Waals surface area (Å²) in [6, 6.07) is 70.3. The molecule has 0 N–H and O–H groups in total.